The van der Waals surface area contributed by atoms with E-state index in [4.69, 9.17) is 22.6 Å². The Morgan fingerprint density at radius 2 is 1.94 bits per heavy atom. The molecule has 6 heteroatoms. The Balaban J connectivity index is 3.57. The molecular formula is C12H14N4OS. The zero-order valence-electron chi connectivity index (χ0n) is 10.3. The van der Waals surface area contributed by atoms with Gasteiger partial charge in [-0.1, -0.05) is 19.1 Å². The van der Waals surface area contributed by atoms with Crippen molar-refractivity contribution in [1.29, 1.82) is 10.5 Å². The fraction of sp³-hybridized carbons (Fsp3) is 0.417. The number of nitriles is 2. The molecule has 0 saturated carbocycles. The summed E-state index contributed by atoms with van der Waals surface area (Å²) in [6, 6.07) is 4.14. The number of pyridine rings is 1. The zero-order chi connectivity index (χ0) is 13.7. The van der Waals surface area contributed by atoms with Gasteiger partial charge in [0.2, 0.25) is 0 Å². The number of anilines is 1. The molecule has 0 spiro atoms. The second kappa shape index (κ2) is 6.15. The van der Waals surface area contributed by atoms with Crippen LogP contribution < -0.4 is 4.90 Å². The number of rotatable bonds is 4. The molecule has 0 aliphatic carbocycles. The van der Waals surface area contributed by atoms with Crippen molar-refractivity contribution in [2.45, 2.75) is 13.3 Å². The molecule has 0 radical (unpaired) electrons. The normalized spacial score (nSPS) is 9.61. The van der Waals surface area contributed by atoms with E-state index in [1.54, 1.807) is 11.9 Å². The first kappa shape index (κ1) is 14.2. The van der Waals surface area contributed by atoms with Crippen molar-refractivity contribution >= 4 is 18.0 Å². The maximum Gasteiger partial charge on any atom is 0.125 e. The van der Waals surface area contributed by atoms with E-state index < -0.39 is 0 Å². The average Bonchev–Trinajstić information content (AvgIpc) is 2.37. The van der Waals surface area contributed by atoms with Gasteiger partial charge in [0.15, 0.2) is 0 Å². The lowest BCUT2D eigenvalue weighted by atomic mass is 10.0. The lowest BCUT2D eigenvalue weighted by molar-refractivity contribution is 0.304. The van der Waals surface area contributed by atoms with Crippen LogP contribution in [0.1, 0.15) is 23.6 Å². The van der Waals surface area contributed by atoms with Crippen molar-refractivity contribution in [3.05, 3.63) is 21.3 Å². The molecule has 5 nitrogen and oxygen atoms in total. The molecule has 18 heavy (non-hydrogen) atoms. The summed E-state index contributed by atoms with van der Waals surface area (Å²) < 4.78 is 0.327. The molecule has 0 amide bonds. The Hall–Kier alpha value is -1.89. The van der Waals surface area contributed by atoms with Gasteiger partial charge in [0.1, 0.15) is 22.6 Å². The van der Waals surface area contributed by atoms with E-state index in [1.807, 2.05) is 13.0 Å². The van der Waals surface area contributed by atoms with Crippen molar-refractivity contribution in [2.24, 2.45) is 0 Å². The number of aromatic nitrogens is 1. The molecular weight excluding hydrogens is 248 g/mol. The van der Waals surface area contributed by atoms with Crippen molar-refractivity contribution in [1.82, 2.24) is 4.98 Å². The minimum absolute atomic E-state index is 0.0244. The molecule has 94 valence electrons. The number of H-pyrrole nitrogens is 1. The molecule has 1 rings (SSSR count). The maximum absolute atomic E-state index is 9.26. The first-order valence-electron chi connectivity index (χ1n) is 5.52. The summed E-state index contributed by atoms with van der Waals surface area (Å²) in [5, 5.41) is 27.3. The number of aliphatic hydroxyl groups is 1. The van der Waals surface area contributed by atoms with E-state index in [2.05, 4.69) is 11.1 Å². The first-order valence-corrected chi connectivity index (χ1v) is 5.92. The largest absolute Gasteiger partial charge is 0.395 e. The van der Waals surface area contributed by atoms with Crippen LogP contribution in [0, 0.1) is 27.3 Å². The molecule has 1 heterocycles. The van der Waals surface area contributed by atoms with E-state index in [1.165, 1.54) is 0 Å². The molecule has 1 aromatic heterocycles. The number of aromatic amines is 1. The van der Waals surface area contributed by atoms with Crippen LogP contribution in [0.3, 0.4) is 0 Å². The molecule has 0 unspecified atom stereocenters. The minimum atomic E-state index is -0.0244. The summed E-state index contributed by atoms with van der Waals surface area (Å²) in [5.74, 6) is 0.549. The van der Waals surface area contributed by atoms with E-state index in [0.717, 1.165) is 0 Å². The average molecular weight is 262 g/mol. The predicted molar refractivity (Wildman–Crippen MR) is 70.8 cm³/mol. The van der Waals surface area contributed by atoms with Gasteiger partial charge in [0.25, 0.3) is 0 Å². The van der Waals surface area contributed by atoms with Gasteiger partial charge in [-0.3, -0.25) is 0 Å². The van der Waals surface area contributed by atoms with E-state index >= 15 is 0 Å². The molecule has 0 saturated heterocycles. The lowest BCUT2D eigenvalue weighted by Crippen LogP contribution is -2.24. The fourth-order valence-corrected chi connectivity index (χ4v) is 2.04. The lowest BCUT2D eigenvalue weighted by Gasteiger charge is -2.20. The third kappa shape index (κ3) is 2.51. The Bertz CT molecular complexity index is 579. The van der Waals surface area contributed by atoms with Crippen molar-refractivity contribution in [3.8, 4) is 12.1 Å². The van der Waals surface area contributed by atoms with Crippen LogP contribution in [0.5, 0.6) is 0 Å². The highest BCUT2D eigenvalue weighted by atomic mass is 32.1. The summed E-state index contributed by atoms with van der Waals surface area (Å²) >= 11 is 5.13. The van der Waals surface area contributed by atoms with Crippen LogP contribution >= 0.6 is 12.2 Å². The second-order valence-electron chi connectivity index (χ2n) is 3.75. The number of likely N-dealkylation sites (N-methyl/N-ethyl adjacent to an activating group) is 1. The van der Waals surface area contributed by atoms with Crippen LogP contribution in [0.2, 0.25) is 0 Å². The van der Waals surface area contributed by atoms with Crippen molar-refractivity contribution in [3.63, 3.8) is 0 Å². The van der Waals surface area contributed by atoms with Crippen LogP contribution in [0.25, 0.3) is 0 Å². The van der Waals surface area contributed by atoms with Gasteiger partial charge >= 0.3 is 0 Å². The second-order valence-corrected chi connectivity index (χ2v) is 4.16. The van der Waals surface area contributed by atoms with Crippen LogP contribution in [0.15, 0.2) is 0 Å². The number of nitrogens with one attached hydrogen (secondary N) is 1. The summed E-state index contributed by atoms with van der Waals surface area (Å²) in [7, 11) is 1.75. The van der Waals surface area contributed by atoms with E-state index in [-0.39, 0.29) is 6.61 Å². The number of nitrogens with zero attached hydrogens (tertiary/aromatic N) is 3. The Labute approximate surface area is 111 Å². The third-order valence-corrected chi connectivity index (χ3v) is 3.00. The SMILES string of the molecule is CCc1c(C#N)c(N(C)CCO)[nH]c(=S)c1C#N. The molecule has 0 bridgehead atoms. The van der Waals surface area contributed by atoms with Gasteiger partial charge in [-0.15, -0.1) is 0 Å². The first-order chi connectivity index (χ1) is 8.60. The van der Waals surface area contributed by atoms with E-state index in [0.29, 0.717) is 40.1 Å². The summed E-state index contributed by atoms with van der Waals surface area (Å²) in [5.41, 5.74) is 1.42. The fourth-order valence-electron chi connectivity index (χ4n) is 1.78. The number of aliphatic hydroxyl groups excluding tert-OH is 1. The van der Waals surface area contributed by atoms with Gasteiger partial charge in [-0.25, -0.2) is 0 Å². The monoisotopic (exact) mass is 262 g/mol. The topological polar surface area (TPSA) is 86.8 Å². The Morgan fingerprint density at radius 3 is 2.39 bits per heavy atom. The molecule has 1 aromatic rings. The van der Waals surface area contributed by atoms with Gasteiger partial charge in [-0.05, 0) is 12.0 Å². The third-order valence-electron chi connectivity index (χ3n) is 2.69. The smallest absolute Gasteiger partial charge is 0.125 e. The summed E-state index contributed by atoms with van der Waals surface area (Å²) in [4.78, 5) is 4.61. The van der Waals surface area contributed by atoms with Gasteiger partial charge < -0.3 is 15.0 Å². The molecule has 0 fully saturated rings. The van der Waals surface area contributed by atoms with Crippen LogP contribution in [0.4, 0.5) is 5.82 Å². The van der Waals surface area contributed by atoms with Gasteiger partial charge in [0.05, 0.1) is 17.7 Å². The summed E-state index contributed by atoms with van der Waals surface area (Å²) in [6.45, 7) is 2.24. The quantitative estimate of drug-likeness (QED) is 0.802. The number of hydrogen-bond donors (Lipinski definition) is 2. The Morgan fingerprint density at radius 1 is 1.33 bits per heavy atom. The van der Waals surface area contributed by atoms with Crippen LogP contribution in [-0.2, 0) is 6.42 Å². The van der Waals surface area contributed by atoms with E-state index in [9.17, 15) is 5.26 Å². The minimum Gasteiger partial charge on any atom is -0.395 e. The zero-order valence-corrected chi connectivity index (χ0v) is 11.1. The maximum atomic E-state index is 9.26. The highest BCUT2D eigenvalue weighted by Gasteiger charge is 2.16. The molecule has 0 aliphatic rings. The molecule has 0 atom stereocenters. The van der Waals surface area contributed by atoms with Gasteiger partial charge in [0, 0.05) is 13.6 Å². The highest BCUT2D eigenvalue weighted by molar-refractivity contribution is 7.71. The predicted octanol–water partition coefficient (Wildman–Crippen LogP) is 1.48. The molecule has 0 aromatic carbocycles. The van der Waals surface area contributed by atoms with Gasteiger partial charge in [-0.2, -0.15) is 10.5 Å². The molecule has 2 N–H and O–H groups in total. The Kier molecular flexibility index (Phi) is 4.85. The highest BCUT2D eigenvalue weighted by Crippen LogP contribution is 2.24. The summed E-state index contributed by atoms with van der Waals surface area (Å²) in [6.07, 6.45) is 0.560. The number of hydrogen-bond acceptors (Lipinski definition) is 5. The van der Waals surface area contributed by atoms with Crippen molar-refractivity contribution < 1.29 is 5.11 Å². The molecule has 0 aliphatic heterocycles. The van der Waals surface area contributed by atoms with Crippen molar-refractivity contribution in [2.75, 3.05) is 25.1 Å². The van der Waals surface area contributed by atoms with Crippen LogP contribution in [-0.4, -0.2) is 30.3 Å². The standard InChI is InChI=1S/C12H14N4OS/c1-3-8-9(6-13)11(16(2)4-5-17)15-12(18)10(8)7-14/h17H,3-5H2,1-2H3,(H,15,18).